The molecule has 4 aromatic rings. The van der Waals surface area contributed by atoms with Gasteiger partial charge in [0, 0.05) is 19.3 Å². The summed E-state index contributed by atoms with van der Waals surface area (Å²) in [4.78, 5) is 14.5. The summed E-state index contributed by atoms with van der Waals surface area (Å²) in [7, 11) is 0. The fourth-order valence-electron chi connectivity index (χ4n) is 3.35. The Hall–Kier alpha value is -2.94. The zero-order valence-electron chi connectivity index (χ0n) is 15.8. The summed E-state index contributed by atoms with van der Waals surface area (Å²) in [6.07, 6.45) is 1.68. The molecule has 0 aliphatic carbocycles. The lowest BCUT2D eigenvalue weighted by Crippen LogP contribution is -2.36. The van der Waals surface area contributed by atoms with Gasteiger partial charge < -0.3 is 19.9 Å². The van der Waals surface area contributed by atoms with Crippen LogP contribution in [0.1, 0.15) is 0 Å². The van der Waals surface area contributed by atoms with E-state index in [0.717, 1.165) is 29.9 Å². The van der Waals surface area contributed by atoms with E-state index >= 15 is 0 Å². The lowest BCUT2D eigenvalue weighted by atomic mass is 10.2. The number of nitrogens with zero attached hydrogens (tertiary/aromatic N) is 5. The Bertz CT molecular complexity index is 1170. The van der Waals surface area contributed by atoms with Crippen molar-refractivity contribution in [1.29, 1.82) is 0 Å². The van der Waals surface area contributed by atoms with E-state index in [9.17, 15) is 0 Å². The van der Waals surface area contributed by atoms with E-state index in [4.69, 9.17) is 27.9 Å². The maximum atomic E-state index is 6.33. The molecule has 0 amide bonds. The first-order valence-electron chi connectivity index (χ1n) is 9.41. The first-order valence-corrected chi connectivity index (χ1v) is 10.2. The smallest absolute Gasteiger partial charge is 0.157 e. The van der Waals surface area contributed by atoms with E-state index in [-0.39, 0.29) is 0 Å². The molecule has 10 heteroatoms. The summed E-state index contributed by atoms with van der Waals surface area (Å²) >= 11 is 12.7. The Morgan fingerprint density at radius 3 is 2.53 bits per heavy atom. The Kier molecular flexibility index (Phi) is 5.12. The molecule has 152 valence electrons. The number of hydrogen-bond donors (Lipinski definition) is 2. The van der Waals surface area contributed by atoms with Gasteiger partial charge in [-0.1, -0.05) is 29.3 Å². The molecule has 0 unspecified atom stereocenters. The van der Waals surface area contributed by atoms with E-state index in [1.54, 1.807) is 24.4 Å². The molecule has 0 bridgehead atoms. The number of aromatic amines is 1. The Labute approximate surface area is 182 Å². The van der Waals surface area contributed by atoms with E-state index in [0.29, 0.717) is 46.3 Å². The lowest BCUT2D eigenvalue weighted by Gasteiger charge is -2.27. The van der Waals surface area contributed by atoms with Gasteiger partial charge in [-0.3, -0.25) is 0 Å². The van der Waals surface area contributed by atoms with Crippen LogP contribution in [-0.4, -0.2) is 51.5 Å². The summed E-state index contributed by atoms with van der Waals surface area (Å²) in [6, 6.07) is 11.0. The molecule has 1 aliphatic heterocycles. The van der Waals surface area contributed by atoms with Gasteiger partial charge in [0.05, 0.1) is 34.3 Å². The molecule has 0 radical (unpaired) electrons. The molecule has 1 saturated heterocycles. The van der Waals surface area contributed by atoms with E-state index in [1.165, 1.54) is 0 Å². The van der Waals surface area contributed by atoms with Gasteiger partial charge in [0.25, 0.3) is 0 Å². The molecule has 5 rings (SSSR count). The second-order valence-electron chi connectivity index (χ2n) is 6.74. The predicted octanol–water partition coefficient (Wildman–Crippen LogP) is 4.30. The van der Waals surface area contributed by atoms with Gasteiger partial charge in [0.1, 0.15) is 11.3 Å². The van der Waals surface area contributed by atoms with Gasteiger partial charge >= 0.3 is 0 Å². The third-order valence-corrected chi connectivity index (χ3v) is 5.47. The van der Waals surface area contributed by atoms with Crippen LogP contribution in [0.25, 0.3) is 22.4 Å². The maximum Gasteiger partial charge on any atom is 0.157 e. The van der Waals surface area contributed by atoms with Crippen LogP contribution in [0, 0.1) is 0 Å². The normalized spacial score (nSPS) is 14.3. The van der Waals surface area contributed by atoms with Crippen molar-refractivity contribution in [2.24, 2.45) is 0 Å². The summed E-state index contributed by atoms with van der Waals surface area (Å²) in [5.41, 5.74) is 2.11. The number of benzene rings is 1. The number of anilines is 3. The number of nitrogens with one attached hydrogen (secondary N) is 2. The standard InChI is InChI=1S/C20H17Cl2N7O/c21-12-2-1-3-13(22)17(12)19-24-14-6-7-23-20(18(14)26-19)25-15-4-5-16(28-27-15)29-8-10-30-11-9-29/h1-7H,8-11H2,(H,24,26)(H,23,25,27). The molecule has 0 spiro atoms. The van der Waals surface area contributed by atoms with E-state index in [2.05, 4.69) is 35.4 Å². The molecule has 2 N–H and O–H groups in total. The first kappa shape index (κ1) is 19.0. The number of hydrogen-bond acceptors (Lipinski definition) is 7. The van der Waals surface area contributed by atoms with Crippen LogP contribution in [0.15, 0.2) is 42.6 Å². The van der Waals surface area contributed by atoms with Crippen molar-refractivity contribution in [1.82, 2.24) is 25.1 Å². The fraction of sp³-hybridized carbons (Fsp3) is 0.200. The van der Waals surface area contributed by atoms with Crippen LogP contribution >= 0.6 is 23.2 Å². The maximum absolute atomic E-state index is 6.33. The molecule has 1 fully saturated rings. The molecule has 0 atom stereocenters. The highest BCUT2D eigenvalue weighted by Crippen LogP contribution is 2.34. The third-order valence-electron chi connectivity index (χ3n) is 4.84. The number of fused-ring (bicyclic) bond motifs is 1. The van der Waals surface area contributed by atoms with Crippen molar-refractivity contribution in [3.63, 3.8) is 0 Å². The topological polar surface area (TPSA) is 91.8 Å². The van der Waals surface area contributed by atoms with E-state index < -0.39 is 0 Å². The Balaban J connectivity index is 1.44. The van der Waals surface area contributed by atoms with Gasteiger partial charge in [0.15, 0.2) is 17.5 Å². The largest absolute Gasteiger partial charge is 0.378 e. The molecule has 4 heterocycles. The Morgan fingerprint density at radius 1 is 1.00 bits per heavy atom. The summed E-state index contributed by atoms with van der Waals surface area (Å²) in [5, 5.41) is 12.9. The second kappa shape index (κ2) is 8.06. The zero-order chi connectivity index (χ0) is 20.5. The number of rotatable bonds is 4. The molecule has 0 saturated carbocycles. The minimum Gasteiger partial charge on any atom is -0.378 e. The quantitative estimate of drug-likeness (QED) is 0.487. The van der Waals surface area contributed by atoms with Crippen molar-refractivity contribution < 1.29 is 4.74 Å². The van der Waals surface area contributed by atoms with Crippen LogP contribution in [0.3, 0.4) is 0 Å². The molecule has 8 nitrogen and oxygen atoms in total. The molecular weight excluding hydrogens is 425 g/mol. The number of H-pyrrole nitrogens is 1. The highest BCUT2D eigenvalue weighted by Gasteiger charge is 2.16. The van der Waals surface area contributed by atoms with Crippen molar-refractivity contribution in [2.45, 2.75) is 0 Å². The fourth-order valence-corrected chi connectivity index (χ4v) is 3.92. The van der Waals surface area contributed by atoms with Crippen LogP contribution < -0.4 is 10.2 Å². The average Bonchev–Trinajstić information content (AvgIpc) is 3.20. The first-order chi connectivity index (χ1) is 14.7. The predicted molar refractivity (Wildman–Crippen MR) is 118 cm³/mol. The number of ether oxygens (including phenoxy) is 1. The van der Waals surface area contributed by atoms with Gasteiger partial charge in [0.2, 0.25) is 0 Å². The van der Waals surface area contributed by atoms with Gasteiger partial charge in [-0.15, -0.1) is 10.2 Å². The molecule has 3 aromatic heterocycles. The van der Waals surface area contributed by atoms with Crippen molar-refractivity contribution in [3.8, 4) is 11.4 Å². The summed E-state index contributed by atoms with van der Waals surface area (Å²) in [6.45, 7) is 3.02. The van der Waals surface area contributed by atoms with Crippen molar-refractivity contribution in [3.05, 3.63) is 52.6 Å². The molecule has 1 aliphatic rings. The molecule has 1 aromatic carbocycles. The molecule has 30 heavy (non-hydrogen) atoms. The number of aromatic nitrogens is 5. The number of imidazole rings is 1. The molecular formula is C20H17Cl2N7O. The average molecular weight is 442 g/mol. The van der Waals surface area contributed by atoms with Crippen molar-refractivity contribution in [2.75, 3.05) is 36.5 Å². The van der Waals surface area contributed by atoms with Crippen molar-refractivity contribution >= 4 is 51.7 Å². The minimum atomic E-state index is 0.522. The summed E-state index contributed by atoms with van der Waals surface area (Å²) < 4.78 is 5.38. The van der Waals surface area contributed by atoms with Crippen LogP contribution in [0.4, 0.5) is 17.5 Å². The second-order valence-corrected chi connectivity index (χ2v) is 7.55. The van der Waals surface area contributed by atoms with Gasteiger partial charge in [-0.25, -0.2) is 9.97 Å². The highest BCUT2D eigenvalue weighted by atomic mass is 35.5. The monoisotopic (exact) mass is 441 g/mol. The van der Waals surface area contributed by atoms with Crippen LogP contribution in [0.2, 0.25) is 10.0 Å². The lowest BCUT2D eigenvalue weighted by molar-refractivity contribution is 0.122. The number of pyridine rings is 1. The van der Waals surface area contributed by atoms with Crippen LogP contribution in [-0.2, 0) is 4.74 Å². The SMILES string of the molecule is Clc1cccc(Cl)c1-c1nc2ccnc(Nc3ccc(N4CCOCC4)nn3)c2[nH]1. The third kappa shape index (κ3) is 3.65. The minimum absolute atomic E-state index is 0.522. The van der Waals surface area contributed by atoms with Gasteiger partial charge in [-0.05, 0) is 30.3 Å². The zero-order valence-corrected chi connectivity index (χ0v) is 17.3. The Morgan fingerprint density at radius 2 is 1.80 bits per heavy atom. The summed E-state index contributed by atoms with van der Waals surface area (Å²) in [5.74, 6) is 2.57. The number of halogens is 2. The number of morpholine rings is 1. The highest BCUT2D eigenvalue weighted by molar-refractivity contribution is 6.39. The van der Waals surface area contributed by atoms with Crippen LogP contribution in [0.5, 0.6) is 0 Å². The van der Waals surface area contributed by atoms with Gasteiger partial charge in [-0.2, -0.15) is 0 Å². The van der Waals surface area contributed by atoms with E-state index in [1.807, 2.05) is 18.2 Å².